The third-order valence-corrected chi connectivity index (χ3v) is 5.02. The maximum absolute atomic E-state index is 11.8. The molecule has 1 fully saturated rings. The number of aromatic nitrogens is 1. The second-order valence-electron chi connectivity index (χ2n) is 6.64. The third-order valence-electron chi connectivity index (χ3n) is 4.47. The monoisotopic (exact) mass is 396 g/mol. The second kappa shape index (κ2) is 8.39. The van der Waals surface area contributed by atoms with Gasteiger partial charge >= 0.3 is 0 Å². The van der Waals surface area contributed by atoms with Crippen LogP contribution in [0.4, 0.5) is 0 Å². The highest BCUT2D eigenvalue weighted by atomic mass is 35.5. The van der Waals surface area contributed by atoms with Crippen molar-refractivity contribution in [2.45, 2.75) is 6.54 Å². The summed E-state index contributed by atoms with van der Waals surface area (Å²) in [7, 11) is 3.57. The fraction of sp³-hybridized carbons (Fsp3) is 0.444. The minimum atomic E-state index is 0.137. The normalized spacial score (nSPS) is 16.0. The van der Waals surface area contributed by atoms with Crippen molar-refractivity contribution in [2.75, 3.05) is 46.8 Å². The van der Waals surface area contributed by atoms with Crippen LogP contribution < -0.4 is 0 Å². The van der Waals surface area contributed by atoms with E-state index >= 15 is 0 Å². The molecule has 0 bridgehead atoms. The highest BCUT2D eigenvalue weighted by molar-refractivity contribution is 6.36. The van der Waals surface area contributed by atoms with E-state index in [9.17, 15) is 4.79 Å². The molecule has 140 valence electrons. The number of carbonyl (C=O) groups excluding carboxylic acids is 1. The van der Waals surface area contributed by atoms with Crippen molar-refractivity contribution >= 4 is 29.1 Å². The van der Waals surface area contributed by atoms with Crippen molar-refractivity contribution in [1.29, 1.82) is 0 Å². The number of hydrogen-bond acceptors (Lipinski definition) is 5. The van der Waals surface area contributed by atoms with Gasteiger partial charge in [-0.2, -0.15) is 0 Å². The van der Waals surface area contributed by atoms with Gasteiger partial charge < -0.3 is 9.42 Å². The molecule has 0 saturated carbocycles. The van der Waals surface area contributed by atoms with Gasteiger partial charge in [0.2, 0.25) is 5.91 Å². The first-order valence-corrected chi connectivity index (χ1v) is 9.24. The van der Waals surface area contributed by atoms with Crippen LogP contribution in [0.2, 0.25) is 10.0 Å². The molecule has 0 spiro atoms. The van der Waals surface area contributed by atoms with Gasteiger partial charge in [0.15, 0.2) is 5.76 Å². The molecule has 6 nitrogen and oxygen atoms in total. The molecule has 1 aliphatic heterocycles. The number of piperazine rings is 1. The van der Waals surface area contributed by atoms with Crippen LogP contribution in [-0.4, -0.2) is 72.6 Å². The number of hydrogen-bond donors (Lipinski definition) is 0. The summed E-state index contributed by atoms with van der Waals surface area (Å²) in [4.78, 5) is 17.9. The van der Waals surface area contributed by atoms with Crippen LogP contribution in [0.1, 0.15) is 5.76 Å². The zero-order valence-corrected chi connectivity index (χ0v) is 16.4. The van der Waals surface area contributed by atoms with Crippen LogP contribution in [0.5, 0.6) is 0 Å². The molecule has 0 unspecified atom stereocenters. The number of amides is 1. The molecule has 2 aromatic rings. The Hall–Kier alpha value is -1.60. The van der Waals surface area contributed by atoms with Gasteiger partial charge in [0.1, 0.15) is 5.69 Å². The van der Waals surface area contributed by atoms with E-state index in [-0.39, 0.29) is 5.91 Å². The molecule has 1 aromatic carbocycles. The summed E-state index contributed by atoms with van der Waals surface area (Å²) in [6, 6.07) is 7.23. The lowest BCUT2D eigenvalue weighted by atomic mass is 10.1. The van der Waals surface area contributed by atoms with Crippen LogP contribution >= 0.6 is 23.2 Å². The first-order chi connectivity index (χ1) is 12.4. The van der Waals surface area contributed by atoms with Gasteiger partial charge in [-0.05, 0) is 18.2 Å². The van der Waals surface area contributed by atoms with Gasteiger partial charge in [-0.3, -0.25) is 14.6 Å². The number of halogens is 2. The largest absolute Gasteiger partial charge is 0.359 e. The Morgan fingerprint density at radius 3 is 2.50 bits per heavy atom. The van der Waals surface area contributed by atoms with E-state index < -0.39 is 0 Å². The van der Waals surface area contributed by atoms with Gasteiger partial charge in [-0.15, -0.1) is 0 Å². The van der Waals surface area contributed by atoms with Crippen molar-refractivity contribution in [3.8, 4) is 11.3 Å². The lowest BCUT2D eigenvalue weighted by Gasteiger charge is -2.34. The maximum atomic E-state index is 11.8. The molecule has 2 heterocycles. The molecule has 0 aliphatic carbocycles. The molecular weight excluding hydrogens is 375 g/mol. The summed E-state index contributed by atoms with van der Waals surface area (Å²) < 4.78 is 5.47. The summed E-state index contributed by atoms with van der Waals surface area (Å²) in [6.45, 7) is 4.67. The highest BCUT2D eigenvalue weighted by Crippen LogP contribution is 2.30. The first kappa shape index (κ1) is 19.2. The fourth-order valence-corrected chi connectivity index (χ4v) is 3.38. The molecule has 3 rings (SSSR count). The molecule has 1 amide bonds. The van der Waals surface area contributed by atoms with Crippen molar-refractivity contribution in [2.24, 2.45) is 0 Å². The Bertz CT molecular complexity index is 770. The average Bonchev–Trinajstić information content (AvgIpc) is 3.04. The van der Waals surface area contributed by atoms with Crippen molar-refractivity contribution < 1.29 is 9.32 Å². The zero-order valence-electron chi connectivity index (χ0n) is 14.9. The summed E-state index contributed by atoms with van der Waals surface area (Å²) in [6.07, 6.45) is 0. The maximum Gasteiger partial charge on any atom is 0.236 e. The van der Waals surface area contributed by atoms with E-state index in [4.69, 9.17) is 27.7 Å². The average molecular weight is 397 g/mol. The van der Waals surface area contributed by atoms with E-state index in [1.54, 1.807) is 31.1 Å². The van der Waals surface area contributed by atoms with Crippen LogP contribution in [0.25, 0.3) is 11.3 Å². The number of rotatable bonds is 5. The Kier molecular flexibility index (Phi) is 6.19. The third kappa shape index (κ3) is 4.76. The van der Waals surface area contributed by atoms with Crippen LogP contribution in [-0.2, 0) is 11.3 Å². The van der Waals surface area contributed by atoms with E-state index in [1.807, 2.05) is 12.1 Å². The number of likely N-dealkylation sites (N-methyl/N-ethyl adjacent to an activating group) is 1. The summed E-state index contributed by atoms with van der Waals surface area (Å²) in [5.74, 6) is 0.932. The summed E-state index contributed by atoms with van der Waals surface area (Å²) in [5, 5.41) is 5.27. The van der Waals surface area contributed by atoms with E-state index in [0.29, 0.717) is 28.8 Å². The minimum absolute atomic E-state index is 0.137. The van der Waals surface area contributed by atoms with Gasteiger partial charge in [0.05, 0.1) is 18.1 Å². The quantitative estimate of drug-likeness (QED) is 0.777. The minimum Gasteiger partial charge on any atom is -0.359 e. The Morgan fingerprint density at radius 2 is 1.85 bits per heavy atom. The molecule has 26 heavy (non-hydrogen) atoms. The lowest BCUT2D eigenvalue weighted by molar-refractivity contribution is -0.130. The van der Waals surface area contributed by atoms with E-state index in [1.165, 1.54) is 0 Å². The number of nitrogens with zero attached hydrogens (tertiary/aromatic N) is 4. The van der Waals surface area contributed by atoms with Gasteiger partial charge in [-0.25, -0.2) is 0 Å². The number of benzene rings is 1. The molecule has 1 saturated heterocycles. The second-order valence-corrected chi connectivity index (χ2v) is 7.49. The summed E-state index contributed by atoms with van der Waals surface area (Å²) in [5.41, 5.74) is 1.51. The van der Waals surface area contributed by atoms with Crippen molar-refractivity contribution in [3.63, 3.8) is 0 Å². The van der Waals surface area contributed by atoms with Crippen LogP contribution in [0.15, 0.2) is 28.8 Å². The fourth-order valence-electron chi connectivity index (χ4n) is 2.87. The van der Waals surface area contributed by atoms with Crippen LogP contribution in [0.3, 0.4) is 0 Å². The van der Waals surface area contributed by atoms with E-state index in [2.05, 4.69) is 15.0 Å². The Morgan fingerprint density at radius 1 is 1.15 bits per heavy atom. The molecule has 0 atom stereocenters. The lowest BCUT2D eigenvalue weighted by Crippen LogP contribution is -2.48. The number of carbonyl (C=O) groups is 1. The summed E-state index contributed by atoms with van der Waals surface area (Å²) >= 11 is 12.2. The molecule has 8 heteroatoms. The van der Waals surface area contributed by atoms with Gasteiger partial charge in [0, 0.05) is 56.9 Å². The predicted molar refractivity (Wildman–Crippen MR) is 102 cm³/mol. The molecular formula is C18H22Cl2N4O2. The Balaban J connectivity index is 1.55. The van der Waals surface area contributed by atoms with E-state index in [0.717, 1.165) is 37.5 Å². The zero-order chi connectivity index (χ0) is 18.7. The van der Waals surface area contributed by atoms with Gasteiger partial charge in [0.25, 0.3) is 0 Å². The first-order valence-electron chi connectivity index (χ1n) is 8.48. The molecule has 0 radical (unpaired) electrons. The molecule has 1 aliphatic rings. The van der Waals surface area contributed by atoms with Crippen LogP contribution in [0, 0.1) is 0 Å². The molecule has 0 N–H and O–H groups in total. The SMILES string of the molecule is CN(C)C(=O)CN1CCN(Cc2cc(-c3ccc(Cl)cc3Cl)no2)CC1. The highest BCUT2D eigenvalue weighted by Gasteiger charge is 2.21. The predicted octanol–water partition coefficient (Wildman–Crippen LogP) is 2.85. The standard InChI is InChI=1S/C18H22Cl2N4O2/c1-22(2)18(25)12-24-7-5-23(6-8-24)11-14-10-17(21-26-14)15-4-3-13(19)9-16(15)20/h3-4,9-10H,5-8,11-12H2,1-2H3. The van der Waals surface area contributed by atoms with Crippen molar-refractivity contribution in [3.05, 3.63) is 40.1 Å². The smallest absolute Gasteiger partial charge is 0.236 e. The topological polar surface area (TPSA) is 52.8 Å². The van der Waals surface area contributed by atoms with Crippen molar-refractivity contribution in [1.82, 2.24) is 19.9 Å². The molecule has 1 aromatic heterocycles. The van der Waals surface area contributed by atoms with Gasteiger partial charge in [-0.1, -0.05) is 28.4 Å². The Labute approximate surface area is 163 Å².